The highest BCUT2D eigenvalue weighted by molar-refractivity contribution is 7.17. The number of hydrogen-bond donors (Lipinski definition) is 1. The van der Waals surface area contributed by atoms with E-state index >= 15 is 0 Å². The lowest BCUT2D eigenvalue weighted by molar-refractivity contribution is -0.385. The molecule has 0 unspecified atom stereocenters. The summed E-state index contributed by atoms with van der Waals surface area (Å²) in [7, 11) is 0. The van der Waals surface area contributed by atoms with E-state index < -0.39 is 16.8 Å². The van der Waals surface area contributed by atoms with Gasteiger partial charge in [0.05, 0.1) is 17.1 Å². The summed E-state index contributed by atoms with van der Waals surface area (Å²) in [5.74, 6) is -1.16. The Hall–Kier alpha value is -2.45. The highest BCUT2D eigenvalue weighted by Crippen LogP contribution is 2.39. The standard InChI is InChI=1S/C19H19ClN2O5S/c1-2-9-27-19(24)16-12-5-3-4-6-15(12)28-18(16)21-17(23)13-10-11(20)7-8-14(13)22(25)26/h7-8,10H,2-6,9H2,1H3,(H,21,23). The Morgan fingerprint density at radius 2 is 2.07 bits per heavy atom. The number of hydrogen-bond acceptors (Lipinski definition) is 6. The second-order valence-electron chi connectivity index (χ2n) is 6.42. The number of carbonyl (C=O) groups excluding carboxylic acids is 2. The minimum absolute atomic E-state index is 0.156. The largest absolute Gasteiger partial charge is 0.462 e. The van der Waals surface area contributed by atoms with Gasteiger partial charge in [0.25, 0.3) is 11.6 Å². The number of halogens is 1. The van der Waals surface area contributed by atoms with Crippen LogP contribution in [0, 0.1) is 10.1 Å². The van der Waals surface area contributed by atoms with Crippen molar-refractivity contribution in [3.63, 3.8) is 0 Å². The third kappa shape index (κ3) is 4.18. The molecule has 28 heavy (non-hydrogen) atoms. The Balaban J connectivity index is 1.97. The number of anilines is 1. The van der Waals surface area contributed by atoms with Crippen LogP contribution < -0.4 is 5.32 Å². The molecule has 0 saturated carbocycles. The van der Waals surface area contributed by atoms with Crippen LogP contribution in [0.2, 0.25) is 5.02 Å². The minimum atomic E-state index is -0.683. The van der Waals surface area contributed by atoms with E-state index in [9.17, 15) is 19.7 Å². The van der Waals surface area contributed by atoms with Crippen LogP contribution in [-0.2, 0) is 17.6 Å². The molecule has 0 aliphatic heterocycles. The number of aryl methyl sites for hydroxylation is 1. The van der Waals surface area contributed by atoms with Crippen LogP contribution in [-0.4, -0.2) is 23.4 Å². The molecule has 0 atom stereocenters. The number of amides is 1. The molecule has 1 aliphatic carbocycles. The number of carbonyl (C=O) groups is 2. The van der Waals surface area contributed by atoms with Crippen molar-refractivity contribution in [1.82, 2.24) is 0 Å². The molecule has 1 heterocycles. The fourth-order valence-electron chi connectivity index (χ4n) is 3.16. The number of ether oxygens (including phenoxy) is 1. The van der Waals surface area contributed by atoms with Crippen LogP contribution in [0.4, 0.5) is 10.7 Å². The molecular formula is C19H19ClN2O5S. The zero-order valence-electron chi connectivity index (χ0n) is 15.2. The monoisotopic (exact) mass is 422 g/mol. The molecule has 148 valence electrons. The Morgan fingerprint density at radius 1 is 1.32 bits per heavy atom. The molecule has 0 spiro atoms. The predicted octanol–water partition coefficient (Wildman–Crippen LogP) is 5.01. The zero-order chi connectivity index (χ0) is 20.3. The Morgan fingerprint density at radius 3 is 2.79 bits per heavy atom. The fraction of sp³-hybridized carbons (Fsp3) is 0.368. The van der Waals surface area contributed by atoms with Gasteiger partial charge in [-0.05, 0) is 49.8 Å². The molecule has 0 saturated heterocycles. The maximum Gasteiger partial charge on any atom is 0.341 e. The highest BCUT2D eigenvalue weighted by Gasteiger charge is 2.29. The topological polar surface area (TPSA) is 98.5 Å². The summed E-state index contributed by atoms with van der Waals surface area (Å²) in [6.45, 7) is 2.19. The molecule has 1 aliphatic rings. The Kier molecular flexibility index (Phi) is 6.31. The van der Waals surface area contributed by atoms with Gasteiger partial charge in [-0.15, -0.1) is 11.3 Å². The van der Waals surface area contributed by atoms with Gasteiger partial charge in [0.2, 0.25) is 0 Å². The van der Waals surface area contributed by atoms with Crippen molar-refractivity contribution in [2.24, 2.45) is 0 Å². The number of nitro groups is 1. The second kappa shape index (κ2) is 8.70. The summed E-state index contributed by atoms with van der Waals surface area (Å²) in [5, 5.41) is 14.5. The van der Waals surface area contributed by atoms with Crippen LogP contribution >= 0.6 is 22.9 Å². The van der Waals surface area contributed by atoms with Gasteiger partial charge in [-0.2, -0.15) is 0 Å². The summed E-state index contributed by atoms with van der Waals surface area (Å²) in [4.78, 5) is 37.0. The molecule has 1 amide bonds. The smallest absolute Gasteiger partial charge is 0.341 e. The van der Waals surface area contributed by atoms with Crippen LogP contribution in [0.25, 0.3) is 0 Å². The van der Waals surface area contributed by atoms with E-state index in [1.54, 1.807) is 0 Å². The molecule has 0 radical (unpaired) electrons. The van der Waals surface area contributed by atoms with Gasteiger partial charge in [-0.3, -0.25) is 14.9 Å². The van der Waals surface area contributed by atoms with Crippen molar-refractivity contribution in [3.8, 4) is 0 Å². The normalized spacial score (nSPS) is 12.9. The number of esters is 1. The number of thiophene rings is 1. The Labute approximate surface area is 170 Å². The van der Waals surface area contributed by atoms with Gasteiger partial charge in [0, 0.05) is 16.0 Å². The predicted molar refractivity (Wildman–Crippen MR) is 108 cm³/mol. The number of nitrogens with zero attached hydrogens (tertiary/aromatic N) is 1. The molecule has 3 rings (SSSR count). The average molecular weight is 423 g/mol. The van der Waals surface area contributed by atoms with Crippen molar-refractivity contribution in [2.45, 2.75) is 39.0 Å². The lowest BCUT2D eigenvalue weighted by Crippen LogP contribution is -2.17. The minimum Gasteiger partial charge on any atom is -0.462 e. The molecule has 1 aromatic carbocycles. The van der Waals surface area contributed by atoms with E-state index in [0.29, 0.717) is 17.0 Å². The molecule has 2 aromatic rings. The van der Waals surface area contributed by atoms with Crippen molar-refractivity contribution >= 4 is 45.5 Å². The van der Waals surface area contributed by atoms with Crippen LogP contribution in [0.5, 0.6) is 0 Å². The second-order valence-corrected chi connectivity index (χ2v) is 7.97. The first-order valence-electron chi connectivity index (χ1n) is 8.99. The van der Waals surface area contributed by atoms with Crippen molar-refractivity contribution in [2.75, 3.05) is 11.9 Å². The fourth-order valence-corrected chi connectivity index (χ4v) is 4.60. The summed E-state index contributed by atoms with van der Waals surface area (Å²) < 4.78 is 5.30. The van der Waals surface area contributed by atoms with E-state index in [1.165, 1.54) is 29.5 Å². The van der Waals surface area contributed by atoms with Crippen LogP contribution in [0.3, 0.4) is 0 Å². The van der Waals surface area contributed by atoms with Gasteiger partial charge in [-0.25, -0.2) is 4.79 Å². The molecule has 0 fully saturated rings. The molecule has 1 aromatic heterocycles. The molecule has 7 nitrogen and oxygen atoms in total. The van der Waals surface area contributed by atoms with Crippen LogP contribution in [0.1, 0.15) is 57.3 Å². The number of benzene rings is 1. The lowest BCUT2D eigenvalue weighted by atomic mass is 9.95. The van der Waals surface area contributed by atoms with E-state index in [2.05, 4.69) is 5.32 Å². The number of nitrogens with one attached hydrogen (secondary N) is 1. The summed E-state index contributed by atoms with van der Waals surface area (Å²) in [6.07, 6.45) is 4.25. The van der Waals surface area contributed by atoms with E-state index in [-0.39, 0.29) is 22.9 Å². The van der Waals surface area contributed by atoms with E-state index in [1.807, 2.05) is 6.92 Å². The van der Waals surface area contributed by atoms with Crippen LogP contribution in [0.15, 0.2) is 18.2 Å². The third-order valence-corrected chi connectivity index (χ3v) is 5.88. The van der Waals surface area contributed by atoms with Gasteiger partial charge < -0.3 is 10.1 Å². The summed E-state index contributed by atoms with van der Waals surface area (Å²) in [6, 6.07) is 3.79. The lowest BCUT2D eigenvalue weighted by Gasteiger charge is -2.12. The zero-order valence-corrected chi connectivity index (χ0v) is 16.8. The van der Waals surface area contributed by atoms with Crippen molar-refractivity contribution < 1.29 is 19.2 Å². The van der Waals surface area contributed by atoms with Gasteiger partial charge >= 0.3 is 5.97 Å². The SMILES string of the molecule is CCCOC(=O)c1c(NC(=O)c2cc(Cl)ccc2[N+](=O)[O-])sc2c1CCCC2. The van der Waals surface area contributed by atoms with Crippen molar-refractivity contribution in [3.05, 3.63) is 54.9 Å². The highest BCUT2D eigenvalue weighted by atomic mass is 35.5. The molecule has 1 N–H and O–H groups in total. The Bertz CT molecular complexity index is 941. The molecule has 9 heteroatoms. The number of fused-ring (bicyclic) bond motifs is 1. The maximum absolute atomic E-state index is 12.8. The molecular weight excluding hydrogens is 404 g/mol. The van der Waals surface area contributed by atoms with E-state index in [0.717, 1.165) is 36.1 Å². The van der Waals surface area contributed by atoms with Gasteiger partial charge in [0.1, 0.15) is 10.6 Å². The first kappa shape index (κ1) is 20.3. The van der Waals surface area contributed by atoms with Gasteiger partial charge in [-0.1, -0.05) is 18.5 Å². The number of rotatable bonds is 6. The first-order valence-corrected chi connectivity index (χ1v) is 10.2. The first-order chi connectivity index (χ1) is 13.4. The summed E-state index contributed by atoms with van der Waals surface area (Å²) in [5.41, 5.74) is 0.773. The summed E-state index contributed by atoms with van der Waals surface area (Å²) >= 11 is 7.25. The maximum atomic E-state index is 12.8. The van der Waals surface area contributed by atoms with Crippen molar-refractivity contribution in [1.29, 1.82) is 0 Å². The average Bonchev–Trinajstić information content (AvgIpc) is 3.03. The number of nitro benzene ring substituents is 1. The quantitative estimate of drug-likeness (QED) is 0.401. The third-order valence-electron chi connectivity index (χ3n) is 4.44. The van der Waals surface area contributed by atoms with Gasteiger partial charge in [0.15, 0.2) is 0 Å². The van der Waals surface area contributed by atoms with E-state index in [4.69, 9.17) is 16.3 Å². The molecule has 0 bridgehead atoms.